The second kappa shape index (κ2) is 8.65. The van der Waals surface area contributed by atoms with Crippen molar-refractivity contribution in [3.8, 4) is 11.3 Å². The average molecular weight is 415 g/mol. The Morgan fingerprint density at radius 1 is 0.839 bits per heavy atom. The lowest BCUT2D eigenvalue weighted by atomic mass is 9.70. The summed E-state index contributed by atoms with van der Waals surface area (Å²) in [6.07, 6.45) is 8.41. The molecule has 0 radical (unpaired) electrons. The van der Waals surface area contributed by atoms with E-state index in [0.717, 1.165) is 17.5 Å². The largest absolute Gasteiger partial charge is 0.278 e. The van der Waals surface area contributed by atoms with Crippen molar-refractivity contribution in [3.63, 3.8) is 0 Å². The number of rotatable bonds is 5. The minimum atomic E-state index is 0.180. The van der Waals surface area contributed by atoms with Gasteiger partial charge in [0.15, 0.2) is 0 Å². The van der Waals surface area contributed by atoms with Crippen LogP contribution in [0, 0.1) is 5.92 Å². The fourth-order valence-corrected chi connectivity index (χ4v) is 5.32. The highest BCUT2D eigenvalue weighted by molar-refractivity contribution is 5.60. The Bertz CT molecular complexity index is 984. The van der Waals surface area contributed by atoms with Crippen molar-refractivity contribution in [1.29, 1.82) is 0 Å². The topological polar surface area (TPSA) is 28.7 Å². The first-order chi connectivity index (χ1) is 14.7. The van der Waals surface area contributed by atoms with Crippen molar-refractivity contribution in [2.24, 2.45) is 5.92 Å². The molecule has 2 aromatic carbocycles. The zero-order valence-electron chi connectivity index (χ0n) is 19.9. The molecule has 0 unspecified atom stereocenters. The van der Waals surface area contributed by atoms with Gasteiger partial charge in [0.1, 0.15) is 0 Å². The number of benzene rings is 2. The van der Waals surface area contributed by atoms with E-state index in [9.17, 15) is 0 Å². The van der Waals surface area contributed by atoms with Crippen molar-refractivity contribution in [2.75, 3.05) is 0 Å². The predicted octanol–water partition coefficient (Wildman–Crippen LogP) is 8.02. The highest BCUT2D eigenvalue weighted by Crippen LogP contribution is 2.42. The first-order valence-electron chi connectivity index (χ1n) is 11.9. The second-order valence-corrected chi connectivity index (χ2v) is 11.2. The van der Waals surface area contributed by atoms with Crippen molar-refractivity contribution < 1.29 is 0 Å². The zero-order chi connectivity index (χ0) is 22.1. The van der Waals surface area contributed by atoms with E-state index >= 15 is 0 Å². The smallest absolute Gasteiger partial charge is 0.0650 e. The Labute approximate surface area is 188 Å². The first kappa shape index (κ1) is 21.9. The SMILES string of the molecule is CC(C)(C)c1cccc(C2CCC(CC(C)(C)c3cccc(-c4ccn[nH]4)c3)CC2)c1. The maximum Gasteiger partial charge on any atom is 0.0650 e. The summed E-state index contributed by atoms with van der Waals surface area (Å²) in [5.41, 5.74) is 7.17. The molecule has 0 atom stereocenters. The van der Waals surface area contributed by atoms with Crippen LogP contribution < -0.4 is 0 Å². The molecule has 0 saturated heterocycles. The fraction of sp³-hybridized carbons (Fsp3) is 0.483. The normalized spacial score (nSPS) is 20.0. The molecular formula is C29H38N2. The minimum absolute atomic E-state index is 0.180. The molecule has 4 rings (SSSR count). The number of nitrogens with zero attached hydrogens (tertiary/aromatic N) is 1. The number of H-pyrrole nitrogens is 1. The highest BCUT2D eigenvalue weighted by atomic mass is 15.1. The molecule has 0 spiro atoms. The Hall–Kier alpha value is -2.35. The van der Waals surface area contributed by atoms with Crippen molar-refractivity contribution >= 4 is 0 Å². The summed E-state index contributed by atoms with van der Waals surface area (Å²) in [4.78, 5) is 0. The van der Waals surface area contributed by atoms with Gasteiger partial charge in [-0.15, -0.1) is 0 Å². The third-order valence-corrected chi connectivity index (χ3v) is 7.33. The van der Waals surface area contributed by atoms with E-state index in [0.29, 0.717) is 0 Å². The summed E-state index contributed by atoms with van der Waals surface area (Å²) in [6, 6.07) is 20.4. The van der Waals surface area contributed by atoms with Gasteiger partial charge in [0.2, 0.25) is 0 Å². The minimum Gasteiger partial charge on any atom is -0.278 e. The van der Waals surface area contributed by atoms with Crippen LogP contribution in [0.3, 0.4) is 0 Å². The van der Waals surface area contributed by atoms with Gasteiger partial charge in [-0.25, -0.2) is 0 Å². The van der Waals surface area contributed by atoms with Crippen LogP contribution in [-0.4, -0.2) is 10.2 Å². The van der Waals surface area contributed by atoms with Crippen molar-refractivity contribution in [2.45, 2.75) is 83.5 Å². The van der Waals surface area contributed by atoms with Gasteiger partial charge in [-0.05, 0) is 89.2 Å². The molecule has 1 aliphatic rings. The lowest BCUT2D eigenvalue weighted by molar-refractivity contribution is 0.262. The maximum atomic E-state index is 4.11. The van der Waals surface area contributed by atoms with E-state index in [-0.39, 0.29) is 10.8 Å². The zero-order valence-corrected chi connectivity index (χ0v) is 19.9. The molecule has 2 heteroatoms. The Morgan fingerprint density at radius 3 is 2.23 bits per heavy atom. The molecule has 1 saturated carbocycles. The van der Waals surface area contributed by atoms with Crippen LogP contribution in [0.4, 0.5) is 0 Å². The average Bonchev–Trinajstić information content (AvgIpc) is 3.29. The molecule has 0 bridgehead atoms. The number of nitrogens with one attached hydrogen (secondary N) is 1. The number of hydrogen-bond donors (Lipinski definition) is 1. The molecule has 2 nitrogen and oxygen atoms in total. The Kier molecular flexibility index (Phi) is 6.10. The Balaban J connectivity index is 1.40. The molecule has 0 aliphatic heterocycles. The van der Waals surface area contributed by atoms with Crippen LogP contribution in [0.5, 0.6) is 0 Å². The van der Waals surface area contributed by atoms with Crippen molar-refractivity contribution in [3.05, 3.63) is 77.5 Å². The lowest BCUT2D eigenvalue weighted by Crippen LogP contribution is -2.24. The molecule has 3 aromatic rings. The molecule has 164 valence electrons. The summed E-state index contributed by atoms with van der Waals surface area (Å²) in [5, 5.41) is 7.21. The van der Waals surface area contributed by atoms with Gasteiger partial charge in [0, 0.05) is 6.20 Å². The van der Waals surface area contributed by atoms with E-state index in [2.05, 4.69) is 93.3 Å². The van der Waals surface area contributed by atoms with E-state index in [4.69, 9.17) is 0 Å². The van der Waals surface area contributed by atoms with Crippen LogP contribution in [0.25, 0.3) is 11.3 Å². The van der Waals surface area contributed by atoms with Crippen LogP contribution in [0.2, 0.25) is 0 Å². The standard InChI is InChI=1S/C29H38N2/c1-28(2,3)25-10-6-8-23(18-25)22-14-12-21(13-15-22)20-29(4,5)26-11-7-9-24(19-26)27-16-17-30-31-27/h6-11,16-19,21-22H,12-15,20H2,1-5H3,(H,30,31). The van der Waals surface area contributed by atoms with E-state index in [1.165, 1.54) is 48.8 Å². The monoisotopic (exact) mass is 414 g/mol. The highest BCUT2D eigenvalue weighted by Gasteiger charge is 2.30. The molecular weight excluding hydrogens is 376 g/mol. The van der Waals surface area contributed by atoms with Crippen molar-refractivity contribution in [1.82, 2.24) is 10.2 Å². The third-order valence-electron chi connectivity index (χ3n) is 7.33. The van der Waals surface area contributed by atoms with Crippen LogP contribution in [0.15, 0.2) is 60.8 Å². The molecule has 1 fully saturated rings. The van der Waals surface area contributed by atoms with E-state index in [1.54, 1.807) is 5.56 Å². The molecule has 1 aromatic heterocycles. The molecule has 31 heavy (non-hydrogen) atoms. The fourth-order valence-electron chi connectivity index (χ4n) is 5.32. The van der Waals surface area contributed by atoms with E-state index < -0.39 is 0 Å². The quantitative estimate of drug-likeness (QED) is 0.450. The van der Waals surface area contributed by atoms with Crippen LogP contribution in [-0.2, 0) is 10.8 Å². The summed E-state index contributed by atoms with van der Waals surface area (Å²) < 4.78 is 0. The molecule has 1 N–H and O–H groups in total. The van der Waals surface area contributed by atoms with Gasteiger partial charge in [-0.2, -0.15) is 5.10 Å². The lowest BCUT2D eigenvalue weighted by Gasteiger charge is -2.35. The summed E-state index contributed by atoms with van der Waals surface area (Å²) in [6.45, 7) is 11.8. The van der Waals surface area contributed by atoms with Crippen LogP contribution >= 0.6 is 0 Å². The van der Waals surface area contributed by atoms with Crippen LogP contribution in [0.1, 0.15) is 89.3 Å². The predicted molar refractivity (Wildman–Crippen MR) is 132 cm³/mol. The third kappa shape index (κ3) is 5.11. The van der Waals surface area contributed by atoms with E-state index in [1.807, 2.05) is 12.3 Å². The summed E-state index contributed by atoms with van der Waals surface area (Å²) in [7, 11) is 0. The molecule has 0 amide bonds. The first-order valence-corrected chi connectivity index (χ1v) is 11.9. The van der Waals surface area contributed by atoms with Gasteiger partial charge in [0.25, 0.3) is 0 Å². The van der Waals surface area contributed by atoms with Gasteiger partial charge < -0.3 is 0 Å². The van der Waals surface area contributed by atoms with Gasteiger partial charge in [-0.3, -0.25) is 5.10 Å². The Morgan fingerprint density at radius 2 is 1.55 bits per heavy atom. The summed E-state index contributed by atoms with van der Waals surface area (Å²) >= 11 is 0. The van der Waals surface area contributed by atoms with Gasteiger partial charge >= 0.3 is 0 Å². The second-order valence-electron chi connectivity index (χ2n) is 11.2. The maximum absolute atomic E-state index is 4.11. The van der Waals surface area contributed by atoms with Gasteiger partial charge in [-0.1, -0.05) is 77.1 Å². The number of hydrogen-bond acceptors (Lipinski definition) is 1. The number of aromatic amines is 1. The molecule has 1 aliphatic carbocycles. The summed E-state index contributed by atoms with van der Waals surface area (Å²) in [5.74, 6) is 1.54. The van der Waals surface area contributed by atoms with Gasteiger partial charge in [0.05, 0.1) is 5.69 Å². The molecule has 1 heterocycles. The number of aromatic nitrogens is 2.